The maximum atomic E-state index is 11.0. The summed E-state index contributed by atoms with van der Waals surface area (Å²) in [4.78, 5) is 20.3. The van der Waals surface area contributed by atoms with Crippen LogP contribution < -0.4 is 5.43 Å². The molecule has 8 heteroatoms. The van der Waals surface area contributed by atoms with Gasteiger partial charge < -0.3 is 0 Å². The number of nitrogens with zero attached hydrogens (tertiary/aromatic N) is 3. The number of hydrogen-bond acceptors (Lipinski definition) is 6. The number of allylic oxidation sites excluding steroid dienone is 2. The van der Waals surface area contributed by atoms with Crippen molar-refractivity contribution in [2.24, 2.45) is 11.0 Å². The first-order valence-electron chi connectivity index (χ1n) is 6.63. The number of benzene rings is 1. The summed E-state index contributed by atoms with van der Waals surface area (Å²) in [6.07, 6.45) is 1.60. The van der Waals surface area contributed by atoms with E-state index in [0.29, 0.717) is 0 Å². The summed E-state index contributed by atoms with van der Waals surface area (Å²) < 4.78 is 0. The summed E-state index contributed by atoms with van der Waals surface area (Å²) in [5.41, 5.74) is 4.05. The largest absolute Gasteiger partial charge is 0.301 e. The van der Waals surface area contributed by atoms with Crippen LogP contribution in [0.25, 0.3) is 0 Å². The van der Waals surface area contributed by atoms with Gasteiger partial charge in [-0.15, -0.1) is 0 Å². The minimum Gasteiger partial charge on any atom is -0.272 e. The average Bonchev–Trinajstić information content (AvgIpc) is 2.42. The maximum absolute atomic E-state index is 11.0. The van der Waals surface area contributed by atoms with Gasteiger partial charge >= 0.3 is 5.69 Å². The van der Waals surface area contributed by atoms with Crippen molar-refractivity contribution in [3.8, 4) is 0 Å². The van der Waals surface area contributed by atoms with E-state index in [1.54, 1.807) is 6.21 Å². The second-order valence-electron chi connectivity index (χ2n) is 5.20. The van der Waals surface area contributed by atoms with Crippen molar-refractivity contribution in [1.82, 2.24) is 0 Å². The molecular formula is C14H18N4O4. The molecule has 0 atom stereocenters. The standard InChI is InChI=1S/C14H18N4O4/c1-9(2)12(10(3)4)8-15-16-13-6-5-11(17(19)20)7-14(13)18(21)22/h5-9,16H,1-4H3. The highest BCUT2D eigenvalue weighted by Gasteiger charge is 2.19. The van der Waals surface area contributed by atoms with E-state index in [1.807, 2.05) is 27.7 Å². The van der Waals surface area contributed by atoms with Gasteiger partial charge in [-0.25, -0.2) is 0 Å². The first kappa shape index (κ1) is 17.3. The number of rotatable bonds is 6. The van der Waals surface area contributed by atoms with Crippen LogP contribution in [0.5, 0.6) is 0 Å². The zero-order valence-corrected chi connectivity index (χ0v) is 12.9. The molecule has 1 N–H and O–H groups in total. The number of nitro benzene ring substituents is 2. The third kappa shape index (κ3) is 4.37. The van der Waals surface area contributed by atoms with Gasteiger partial charge in [-0.1, -0.05) is 19.4 Å². The molecule has 118 valence electrons. The van der Waals surface area contributed by atoms with Gasteiger partial charge in [0.15, 0.2) is 0 Å². The second kappa shape index (κ2) is 7.30. The SMILES string of the molecule is CC(C)=C(C=NNc1ccc([N+](=O)[O-])cc1[N+](=O)[O-])C(C)C. The van der Waals surface area contributed by atoms with Gasteiger partial charge in [0.2, 0.25) is 0 Å². The Morgan fingerprint density at radius 1 is 1.23 bits per heavy atom. The fraction of sp³-hybridized carbons (Fsp3) is 0.357. The summed E-state index contributed by atoms with van der Waals surface area (Å²) in [6, 6.07) is 3.36. The van der Waals surface area contributed by atoms with E-state index in [0.717, 1.165) is 17.2 Å². The zero-order chi connectivity index (χ0) is 16.9. The molecule has 0 aliphatic heterocycles. The van der Waals surface area contributed by atoms with Crippen LogP contribution in [-0.2, 0) is 0 Å². The van der Waals surface area contributed by atoms with E-state index in [4.69, 9.17) is 0 Å². The molecule has 0 bridgehead atoms. The molecule has 1 rings (SSSR count). The monoisotopic (exact) mass is 306 g/mol. The van der Waals surface area contributed by atoms with Gasteiger partial charge in [0.1, 0.15) is 5.69 Å². The molecule has 0 unspecified atom stereocenters. The van der Waals surface area contributed by atoms with Crippen LogP contribution >= 0.6 is 0 Å². The van der Waals surface area contributed by atoms with Crippen LogP contribution in [0.4, 0.5) is 17.1 Å². The lowest BCUT2D eigenvalue weighted by Crippen LogP contribution is -2.02. The molecule has 0 saturated heterocycles. The molecule has 0 heterocycles. The van der Waals surface area contributed by atoms with Crippen LogP contribution in [0.1, 0.15) is 27.7 Å². The topological polar surface area (TPSA) is 111 Å². The molecule has 22 heavy (non-hydrogen) atoms. The summed E-state index contributed by atoms with van der Waals surface area (Å²) in [5, 5.41) is 25.7. The molecule has 0 aliphatic carbocycles. The third-order valence-electron chi connectivity index (χ3n) is 2.98. The van der Waals surface area contributed by atoms with Crippen molar-refractivity contribution >= 4 is 23.3 Å². The molecule has 0 saturated carbocycles. The number of hydrazone groups is 1. The Bertz CT molecular complexity index is 646. The Balaban J connectivity index is 3.06. The van der Waals surface area contributed by atoms with E-state index in [9.17, 15) is 20.2 Å². The highest BCUT2D eigenvalue weighted by atomic mass is 16.6. The van der Waals surface area contributed by atoms with Gasteiger partial charge in [0.05, 0.1) is 22.1 Å². The minimum atomic E-state index is -0.685. The number of non-ortho nitro benzene ring substituents is 1. The normalized spacial score (nSPS) is 10.8. The Morgan fingerprint density at radius 2 is 1.86 bits per heavy atom. The fourth-order valence-electron chi connectivity index (χ4n) is 1.91. The van der Waals surface area contributed by atoms with E-state index in [1.165, 1.54) is 12.1 Å². The number of nitro groups is 2. The molecule has 0 spiro atoms. The summed E-state index contributed by atoms with van der Waals surface area (Å²) >= 11 is 0. The van der Waals surface area contributed by atoms with Gasteiger partial charge in [0.25, 0.3) is 5.69 Å². The number of anilines is 1. The minimum absolute atomic E-state index is 0.101. The molecule has 0 aliphatic rings. The van der Waals surface area contributed by atoms with E-state index >= 15 is 0 Å². The average molecular weight is 306 g/mol. The molecule has 1 aromatic carbocycles. The van der Waals surface area contributed by atoms with E-state index in [2.05, 4.69) is 10.5 Å². The Hall–Kier alpha value is -2.77. The lowest BCUT2D eigenvalue weighted by atomic mass is 10.0. The zero-order valence-electron chi connectivity index (χ0n) is 12.9. The van der Waals surface area contributed by atoms with Crippen molar-refractivity contribution in [3.63, 3.8) is 0 Å². The van der Waals surface area contributed by atoms with Crippen molar-refractivity contribution < 1.29 is 9.85 Å². The second-order valence-corrected chi connectivity index (χ2v) is 5.20. The van der Waals surface area contributed by atoms with Crippen LogP contribution in [0, 0.1) is 26.1 Å². The summed E-state index contributed by atoms with van der Waals surface area (Å²) in [5.74, 6) is 0.266. The van der Waals surface area contributed by atoms with Crippen LogP contribution in [-0.4, -0.2) is 16.1 Å². The maximum Gasteiger partial charge on any atom is 0.301 e. The predicted octanol–water partition coefficient (Wildman–Crippen LogP) is 3.89. The van der Waals surface area contributed by atoms with Crippen molar-refractivity contribution in [1.29, 1.82) is 0 Å². The predicted molar refractivity (Wildman–Crippen MR) is 85.1 cm³/mol. The molecule has 1 aromatic rings. The van der Waals surface area contributed by atoms with Crippen molar-refractivity contribution in [2.75, 3.05) is 5.43 Å². The Kier molecular flexibility index (Phi) is 5.73. The third-order valence-corrected chi connectivity index (χ3v) is 2.98. The van der Waals surface area contributed by atoms with Crippen LogP contribution in [0.2, 0.25) is 0 Å². The highest BCUT2D eigenvalue weighted by molar-refractivity contribution is 5.81. The van der Waals surface area contributed by atoms with Crippen LogP contribution in [0.15, 0.2) is 34.4 Å². The molecule has 0 aromatic heterocycles. The van der Waals surface area contributed by atoms with Gasteiger partial charge in [-0.2, -0.15) is 5.10 Å². The van der Waals surface area contributed by atoms with Gasteiger partial charge in [-0.05, 0) is 31.4 Å². The first-order chi connectivity index (χ1) is 10.2. The summed E-state index contributed by atoms with van der Waals surface area (Å²) in [6.45, 7) is 7.94. The van der Waals surface area contributed by atoms with E-state index in [-0.39, 0.29) is 17.3 Å². The molecule has 8 nitrogen and oxygen atoms in total. The Morgan fingerprint density at radius 3 is 2.32 bits per heavy atom. The first-order valence-corrected chi connectivity index (χ1v) is 6.63. The lowest BCUT2D eigenvalue weighted by Gasteiger charge is -2.08. The quantitative estimate of drug-likeness (QED) is 0.487. The fourth-order valence-corrected chi connectivity index (χ4v) is 1.91. The van der Waals surface area contributed by atoms with Crippen molar-refractivity contribution in [3.05, 3.63) is 49.6 Å². The molecular weight excluding hydrogens is 288 g/mol. The molecule has 0 radical (unpaired) electrons. The van der Waals surface area contributed by atoms with Gasteiger partial charge in [0, 0.05) is 6.07 Å². The van der Waals surface area contributed by atoms with Gasteiger partial charge in [-0.3, -0.25) is 25.7 Å². The van der Waals surface area contributed by atoms with Crippen molar-refractivity contribution in [2.45, 2.75) is 27.7 Å². The lowest BCUT2D eigenvalue weighted by molar-refractivity contribution is -0.393. The van der Waals surface area contributed by atoms with Crippen LogP contribution in [0.3, 0.4) is 0 Å². The van der Waals surface area contributed by atoms with E-state index < -0.39 is 15.5 Å². The smallest absolute Gasteiger partial charge is 0.272 e. The Labute approximate surface area is 127 Å². The highest BCUT2D eigenvalue weighted by Crippen LogP contribution is 2.28. The summed E-state index contributed by atoms with van der Waals surface area (Å²) in [7, 11) is 0. The molecule has 0 fully saturated rings. The number of nitrogens with one attached hydrogen (secondary N) is 1. The number of hydrogen-bond donors (Lipinski definition) is 1. The molecule has 0 amide bonds.